The molecule has 0 aromatic heterocycles. The Morgan fingerprint density at radius 1 is 1.18 bits per heavy atom. The van der Waals surface area contributed by atoms with Gasteiger partial charge in [0.15, 0.2) is 11.6 Å². The molecular weight excluding hydrogens is 227 g/mol. The molecule has 4 heteroatoms. The molecule has 0 atom stereocenters. The van der Waals surface area contributed by atoms with Crippen LogP contribution in [0.25, 0.3) is 0 Å². The lowest BCUT2D eigenvalue weighted by molar-refractivity contribution is 0.0994. The first kappa shape index (κ1) is 12.4. The average molecular weight is 243 g/mol. The minimum Gasteiger partial charge on any atom is -0.328 e. The van der Waals surface area contributed by atoms with Gasteiger partial charge in [0, 0.05) is 12.5 Å². The molecule has 0 radical (unpaired) electrons. The van der Waals surface area contributed by atoms with E-state index >= 15 is 0 Å². The molecule has 1 nitrogen and oxygen atoms in total. The van der Waals surface area contributed by atoms with Crippen LogP contribution in [0.5, 0.6) is 0 Å². The predicted molar refractivity (Wildman–Crippen MR) is 60.3 cm³/mol. The number of halogens is 3. The fraction of sp³-hybridized carbons (Fsp3) is 0.538. The maximum Gasteiger partial charge on any atom is 0.159 e. The Kier molecular flexibility index (Phi) is 3.43. The molecule has 1 saturated carbocycles. The summed E-state index contributed by atoms with van der Waals surface area (Å²) in [6.07, 6.45) is 2.23. The van der Waals surface area contributed by atoms with Crippen molar-refractivity contribution in [3.05, 3.63) is 35.4 Å². The number of hydrogen-bond acceptors (Lipinski definition) is 1. The Morgan fingerprint density at radius 2 is 1.82 bits per heavy atom. The lowest BCUT2D eigenvalue weighted by atomic mass is 9.80. The third kappa shape index (κ3) is 3.00. The zero-order chi connectivity index (χ0) is 12.5. The molecule has 17 heavy (non-hydrogen) atoms. The minimum absolute atomic E-state index is 0.0730. The van der Waals surface area contributed by atoms with Crippen LogP contribution in [-0.2, 0) is 6.42 Å². The zero-order valence-corrected chi connectivity index (χ0v) is 9.56. The van der Waals surface area contributed by atoms with Gasteiger partial charge in [-0.05, 0) is 43.4 Å². The molecule has 0 saturated heterocycles. The third-order valence-electron chi connectivity index (χ3n) is 3.43. The molecule has 1 aliphatic carbocycles. The highest BCUT2D eigenvalue weighted by molar-refractivity contribution is 5.20. The highest BCUT2D eigenvalue weighted by atomic mass is 19.2. The van der Waals surface area contributed by atoms with Crippen LogP contribution in [0, 0.1) is 11.6 Å². The summed E-state index contributed by atoms with van der Waals surface area (Å²) in [6.45, 7) is 0. The molecule has 1 aliphatic rings. The molecule has 2 rings (SSSR count). The molecule has 94 valence electrons. The molecule has 1 aromatic rings. The maximum absolute atomic E-state index is 14.4. The number of nitrogens with two attached hydrogens (primary N) is 1. The highest BCUT2D eigenvalue weighted by Gasteiger charge is 2.34. The fourth-order valence-corrected chi connectivity index (χ4v) is 2.35. The SMILES string of the molecule is NC1CCC(F)(Cc2ccc(F)c(F)c2)CC1. The summed E-state index contributed by atoms with van der Waals surface area (Å²) in [5.74, 6) is -1.81. The number of benzene rings is 1. The first-order valence-corrected chi connectivity index (χ1v) is 5.87. The van der Waals surface area contributed by atoms with E-state index in [1.807, 2.05) is 0 Å². The number of hydrogen-bond donors (Lipinski definition) is 1. The van der Waals surface area contributed by atoms with Crippen LogP contribution >= 0.6 is 0 Å². The van der Waals surface area contributed by atoms with E-state index in [2.05, 4.69) is 0 Å². The van der Waals surface area contributed by atoms with E-state index in [1.54, 1.807) is 0 Å². The van der Waals surface area contributed by atoms with Crippen LogP contribution in [0.15, 0.2) is 18.2 Å². The van der Waals surface area contributed by atoms with Crippen LogP contribution in [0.3, 0.4) is 0 Å². The maximum atomic E-state index is 14.4. The third-order valence-corrected chi connectivity index (χ3v) is 3.43. The van der Waals surface area contributed by atoms with Gasteiger partial charge in [-0.3, -0.25) is 0 Å². The Bertz CT molecular complexity index is 398. The minimum atomic E-state index is -1.32. The van der Waals surface area contributed by atoms with Crippen molar-refractivity contribution in [2.45, 2.75) is 43.8 Å². The van der Waals surface area contributed by atoms with Crippen LogP contribution in [0.2, 0.25) is 0 Å². The van der Waals surface area contributed by atoms with Crippen molar-refractivity contribution in [2.24, 2.45) is 5.73 Å². The predicted octanol–water partition coefficient (Wildman–Crippen LogP) is 3.12. The lowest BCUT2D eigenvalue weighted by Crippen LogP contribution is -2.37. The second-order valence-electron chi connectivity index (χ2n) is 4.91. The molecule has 0 bridgehead atoms. The summed E-state index contributed by atoms with van der Waals surface area (Å²) in [6, 6.07) is 3.63. The molecule has 0 unspecified atom stereocenters. The van der Waals surface area contributed by atoms with Gasteiger partial charge < -0.3 is 5.73 Å². The van der Waals surface area contributed by atoms with E-state index in [0.29, 0.717) is 31.2 Å². The molecule has 0 heterocycles. The average Bonchev–Trinajstić information content (AvgIpc) is 2.28. The van der Waals surface area contributed by atoms with Gasteiger partial charge in [0.25, 0.3) is 0 Å². The van der Waals surface area contributed by atoms with Crippen LogP contribution in [0.4, 0.5) is 13.2 Å². The summed E-state index contributed by atoms with van der Waals surface area (Å²) in [5.41, 5.74) is 4.90. The van der Waals surface area contributed by atoms with Crippen molar-refractivity contribution < 1.29 is 13.2 Å². The quantitative estimate of drug-likeness (QED) is 0.848. The van der Waals surface area contributed by atoms with Gasteiger partial charge in [-0.15, -0.1) is 0 Å². The largest absolute Gasteiger partial charge is 0.328 e. The number of rotatable bonds is 2. The van der Waals surface area contributed by atoms with Gasteiger partial charge in [-0.2, -0.15) is 0 Å². The Hall–Kier alpha value is -1.03. The number of alkyl halides is 1. The highest BCUT2D eigenvalue weighted by Crippen LogP contribution is 2.34. The van der Waals surface area contributed by atoms with Gasteiger partial charge in [-0.25, -0.2) is 13.2 Å². The monoisotopic (exact) mass is 243 g/mol. The molecule has 1 fully saturated rings. The molecule has 0 amide bonds. The first-order valence-electron chi connectivity index (χ1n) is 5.87. The summed E-state index contributed by atoms with van der Waals surface area (Å²) < 4.78 is 40.1. The summed E-state index contributed by atoms with van der Waals surface area (Å²) in [7, 11) is 0. The summed E-state index contributed by atoms with van der Waals surface area (Å²) >= 11 is 0. The fourth-order valence-electron chi connectivity index (χ4n) is 2.35. The van der Waals surface area contributed by atoms with Gasteiger partial charge in [0.1, 0.15) is 5.67 Å². The van der Waals surface area contributed by atoms with Crippen molar-refractivity contribution >= 4 is 0 Å². The second-order valence-corrected chi connectivity index (χ2v) is 4.91. The molecule has 1 aromatic carbocycles. The first-order chi connectivity index (χ1) is 7.98. The normalized spacial score (nSPS) is 29.3. The van der Waals surface area contributed by atoms with Crippen molar-refractivity contribution in [1.29, 1.82) is 0 Å². The van der Waals surface area contributed by atoms with Crippen LogP contribution in [-0.4, -0.2) is 11.7 Å². The Labute approximate surface area is 98.8 Å². The van der Waals surface area contributed by atoms with E-state index in [4.69, 9.17) is 5.73 Å². The standard InChI is InChI=1S/C13H16F3N/c14-11-2-1-9(7-12(11)15)8-13(16)5-3-10(17)4-6-13/h1-2,7,10H,3-6,8,17H2. The van der Waals surface area contributed by atoms with E-state index in [9.17, 15) is 13.2 Å². The van der Waals surface area contributed by atoms with Crippen molar-refractivity contribution in [2.75, 3.05) is 0 Å². The molecular formula is C13H16F3N. The lowest BCUT2D eigenvalue weighted by Gasteiger charge is -2.32. The Morgan fingerprint density at radius 3 is 2.41 bits per heavy atom. The topological polar surface area (TPSA) is 26.0 Å². The molecule has 0 spiro atoms. The van der Waals surface area contributed by atoms with E-state index in [0.717, 1.165) is 12.1 Å². The van der Waals surface area contributed by atoms with Crippen molar-refractivity contribution in [1.82, 2.24) is 0 Å². The van der Waals surface area contributed by atoms with Crippen LogP contribution < -0.4 is 5.73 Å². The van der Waals surface area contributed by atoms with Gasteiger partial charge >= 0.3 is 0 Å². The van der Waals surface area contributed by atoms with Gasteiger partial charge in [0.05, 0.1) is 0 Å². The van der Waals surface area contributed by atoms with Crippen molar-refractivity contribution in [3.63, 3.8) is 0 Å². The summed E-state index contributed by atoms with van der Waals surface area (Å²) in [4.78, 5) is 0. The second kappa shape index (κ2) is 4.69. The summed E-state index contributed by atoms with van der Waals surface area (Å²) in [5, 5.41) is 0. The Balaban J connectivity index is 2.07. The molecule has 2 N–H and O–H groups in total. The van der Waals surface area contributed by atoms with E-state index < -0.39 is 17.3 Å². The van der Waals surface area contributed by atoms with E-state index in [-0.39, 0.29) is 12.5 Å². The van der Waals surface area contributed by atoms with Crippen molar-refractivity contribution in [3.8, 4) is 0 Å². The smallest absolute Gasteiger partial charge is 0.159 e. The van der Waals surface area contributed by atoms with Gasteiger partial charge in [-0.1, -0.05) is 6.07 Å². The van der Waals surface area contributed by atoms with Gasteiger partial charge in [0.2, 0.25) is 0 Å². The molecule has 0 aliphatic heterocycles. The zero-order valence-electron chi connectivity index (χ0n) is 9.56. The van der Waals surface area contributed by atoms with E-state index in [1.165, 1.54) is 6.07 Å². The van der Waals surface area contributed by atoms with Crippen LogP contribution in [0.1, 0.15) is 31.2 Å².